The van der Waals surface area contributed by atoms with Gasteiger partial charge in [-0.3, -0.25) is 4.79 Å². The Kier molecular flexibility index (Phi) is 7.76. The van der Waals surface area contributed by atoms with Gasteiger partial charge in [-0.2, -0.15) is 0 Å². The zero-order valence-electron chi connectivity index (χ0n) is 20.6. The monoisotopic (exact) mass is 517 g/mol. The largest absolute Gasteiger partial charge is 0.444 e. The highest BCUT2D eigenvalue weighted by molar-refractivity contribution is 7.99. The summed E-state index contributed by atoms with van der Waals surface area (Å²) >= 11 is 7.89. The van der Waals surface area contributed by atoms with Gasteiger partial charge in [0.15, 0.2) is 0 Å². The first-order valence-electron chi connectivity index (χ1n) is 11.8. The van der Waals surface area contributed by atoms with Crippen molar-refractivity contribution >= 4 is 41.2 Å². The Bertz CT molecular complexity index is 1070. The normalized spacial score (nSPS) is 18.7. The van der Waals surface area contributed by atoms with Crippen LogP contribution in [-0.2, 0) is 21.7 Å². The van der Waals surface area contributed by atoms with Crippen LogP contribution in [0.2, 0.25) is 5.02 Å². The number of alkyl carbamates (subject to hydrolysis) is 1. The van der Waals surface area contributed by atoms with E-state index in [1.165, 1.54) is 5.56 Å². The summed E-state index contributed by atoms with van der Waals surface area (Å²) in [6, 6.07) is 6.56. The highest BCUT2D eigenvalue weighted by Crippen LogP contribution is 2.44. The number of carbonyl (C=O) groups excluding carboxylic acids is 2. The van der Waals surface area contributed by atoms with E-state index in [0.29, 0.717) is 42.9 Å². The van der Waals surface area contributed by atoms with Crippen LogP contribution in [0, 0.1) is 0 Å². The quantitative estimate of drug-likeness (QED) is 0.635. The number of carbonyl (C=O) groups is 2. The molecule has 2 aromatic rings. The smallest absolute Gasteiger partial charge is 0.408 e. The molecule has 1 fully saturated rings. The van der Waals surface area contributed by atoms with E-state index in [1.807, 2.05) is 28.8 Å². The van der Waals surface area contributed by atoms with Gasteiger partial charge in [-0.1, -0.05) is 23.7 Å². The third kappa shape index (κ3) is 6.38. The minimum atomic E-state index is -0.739. The lowest BCUT2D eigenvalue weighted by molar-refractivity contribution is -0.133. The molecule has 2 amide bonds. The third-order valence-corrected chi connectivity index (χ3v) is 7.48. The second-order valence-corrected chi connectivity index (χ2v) is 11.6. The average molecular weight is 518 g/mol. The van der Waals surface area contributed by atoms with Gasteiger partial charge < -0.3 is 19.9 Å². The number of ether oxygens (including phenoxy) is 1. The summed E-state index contributed by atoms with van der Waals surface area (Å²) in [7, 11) is 0. The maximum absolute atomic E-state index is 13.5. The summed E-state index contributed by atoms with van der Waals surface area (Å²) in [5.74, 6) is 1.76. The standard InChI is InChI=1S/C25H32ClN5O3S/c1-16-21-20(14-35-16)27-15-28-22(21)30-9-11-31(12-10-30)23(32)19(29-24(33)34-25(2,3)4)13-17-5-7-18(26)8-6-17/h5-8,15-16,19H,9-14H2,1-4H3,(H,29,33)/t16?,19-/m1/s1. The number of hydrogen-bond acceptors (Lipinski definition) is 7. The first-order chi connectivity index (χ1) is 16.6. The molecule has 4 rings (SSSR count). The van der Waals surface area contributed by atoms with E-state index in [4.69, 9.17) is 16.3 Å². The molecule has 3 heterocycles. The molecule has 1 aromatic heterocycles. The molecule has 0 saturated carbocycles. The molecule has 1 unspecified atom stereocenters. The van der Waals surface area contributed by atoms with Crippen molar-refractivity contribution in [2.75, 3.05) is 31.1 Å². The van der Waals surface area contributed by atoms with Crippen molar-refractivity contribution in [3.63, 3.8) is 0 Å². The van der Waals surface area contributed by atoms with E-state index in [1.54, 1.807) is 39.2 Å². The van der Waals surface area contributed by atoms with Crippen LogP contribution >= 0.6 is 23.4 Å². The summed E-state index contributed by atoms with van der Waals surface area (Å²) in [4.78, 5) is 39.1. The zero-order valence-corrected chi connectivity index (χ0v) is 22.2. The number of amides is 2. The first-order valence-corrected chi connectivity index (χ1v) is 13.3. The second kappa shape index (κ2) is 10.6. The SMILES string of the molecule is CC1SCc2ncnc(N3CCN(C(=O)[C@@H](Cc4ccc(Cl)cc4)NC(=O)OC(C)(C)C)CC3)c21. The highest BCUT2D eigenvalue weighted by atomic mass is 35.5. The minimum Gasteiger partial charge on any atom is -0.444 e. The zero-order chi connectivity index (χ0) is 25.2. The molecule has 1 aromatic carbocycles. The average Bonchev–Trinajstić information content (AvgIpc) is 3.19. The number of thioether (sulfide) groups is 1. The lowest BCUT2D eigenvalue weighted by Gasteiger charge is -2.38. The number of hydrogen-bond donors (Lipinski definition) is 1. The van der Waals surface area contributed by atoms with Gasteiger partial charge in [-0.15, -0.1) is 11.8 Å². The molecule has 10 heteroatoms. The van der Waals surface area contributed by atoms with Crippen molar-refractivity contribution in [1.82, 2.24) is 20.2 Å². The van der Waals surface area contributed by atoms with Crippen LogP contribution in [0.25, 0.3) is 0 Å². The number of nitrogens with one attached hydrogen (secondary N) is 1. The molecule has 35 heavy (non-hydrogen) atoms. The fourth-order valence-corrected chi connectivity index (χ4v) is 5.53. The Morgan fingerprint density at radius 1 is 1.17 bits per heavy atom. The Hall–Kier alpha value is -2.52. The molecule has 0 radical (unpaired) electrons. The summed E-state index contributed by atoms with van der Waals surface area (Å²) in [5, 5.41) is 3.78. The second-order valence-electron chi connectivity index (χ2n) is 9.85. The van der Waals surface area contributed by atoms with Crippen LogP contribution in [0.5, 0.6) is 0 Å². The topological polar surface area (TPSA) is 87.7 Å². The van der Waals surface area contributed by atoms with Crippen LogP contribution in [0.3, 0.4) is 0 Å². The number of fused-ring (bicyclic) bond motifs is 1. The van der Waals surface area contributed by atoms with E-state index in [0.717, 1.165) is 22.8 Å². The van der Waals surface area contributed by atoms with Crippen molar-refractivity contribution in [2.24, 2.45) is 0 Å². The molecular weight excluding hydrogens is 486 g/mol. The Labute approximate surface area is 215 Å². The predicted molar refractivity (Wildman–Crippen MR) is 139 cm³/mol. The Balaban J connectivity index is 1.45. The Morgan fingerprint density at radius 2 is 1.86 bits per heavy atom. The number of anilines is 1. The van der Waals surface area contributed by atoms with Crippen molar-refractivity contribution in [1.29, 1.82) is 0 Å². The van der Waals surface area contributed by atoms with Gasteiger partial charge in [0.25, 0.3) is 0 Å². The maximum Gasteiger partial charge on any atom is 0.408 e. The number of benzene rings is 1. The number of nitrogens with zero attached hydrogens (tertiary/aromatic N) is 4. The summed E-state index contributed by atoms with van der Waals surface area (Å²) in [6.45, 7) is 10.0. The highest BCUT2D eigenvalue weighted by Gasteiger charge is 2.33. The van der Waals surface area contributed by atoms with Crippen molar-refractivity contribution < 1.29 is 14.3 Å². The van der Waals surface area contributed by atoms with Gasteiger partial charge in [0.1, 0.15) is 23.8 Å². The number of halogens is 1. The van der Waals surface area contributed by atoms with E-state index >= 15 is 0 Å². The van der Waals surface area contributed by atoms with Gasteiger partial charge in [0.2, 0.25) is 5.91 Å². The van der Waals surface area contributed by atoms with Crippen LogP contribution in [0.15, 0.2) is 30.6 Å². The van der Waals surface area contributed by atoms with Crippen LogP contribution in [0.1, 0.15) is 49.8 Å². The maximum atomic E-state index is 13.5. The van der Waals surface area contributed by atoms with E-state index < -0.39 is 17.7 Å². The summed E-state index contributed by atoms with van der Waals surface area (Å²) in [5.41, 5.74) is 2.57. The molecule has 0 bridgehead atoms. The van der Waals surface area contributed by atoms with Gasteiger partial charge >= 0.3 is 6.09 Å². The van der Waals surface area contributed by atoms with E-state index in [2.05, 4.69) is 27.1 Å². The first kappa shape index (κ1) is 25.6. The molecule has 1 N–H and O–H groups in total. The fourth-order valence-electron chi connectivity index (χ4n) is 4.36. The van der Waals surface area contributed by atoms with Crippen molar-refractivity contribution in [3.05, 3.63) is 52.4 Å². The van der Waals surface area contributed by atoms with E-state index in [9.17, 15) is 9.59 Å². The number of aromatic nitrogens is 2. The lowest BCUT2D eigenvalue weighted by atomic mass is 10.0. The van der Waals surface area contributed by atoms with Crippen LogP contribution in [0.4, 0.5) is 10.6 Å². The molecule has 0 aliphatic carbocycles. The summed E-state index contributed by atoms with van der Waals surface area (Å²) < 4.78 is 5.42. The number of rotatable bonds is 5. The predicted octanol–water partition coefficient (Wildman–Crippen LogP) is 4.22. The van der Waals surface area contributed by atoms with Gasteiger partial charge in [0.05, 0.1) is 5.69 Å². The molecule has 0 spiro atoms. The third-order valence-electron chi connectivity index (χ3n) is 6.05. The molecule has 2 aliphatic rings. The van der Waals surface area contributed by atoms with Crippen LogP contribution in [-0.4, -0.2) is 64.7 Å². The molecule has 8 nitrogen and oxygen atoms in total. The lowest BCUT2D eigenvalue weighted by Crippen LogP contribution is -2.56. The fraction of sp³-hybridized carbons (Fsp3) is 0.520. The summed E-state index contributed by atoms with van der Waals surface area (Å²) in [6.07, 6.45) is 1.38. The minimum absolute atomic E-state index is 0.123. The van der Waals surface area contributed by atoms with Gasteiger partial charge in [-0.25, -0.2) is 14.8 Å². The van der Waals surface area contributed by atoms with Gasteiger partial charge in [0, 0.05) is 54.2 Å². The molecule has 2 atom stereocenters. The molecule has 1 saturated heterocycles. The van der Waals surface area contributed by atoms with Crippen molar-refractivity contribution in [2.45, 2.75) is 56.8 Å². The Morgan fingerprint density at radius 3 is 2.51 bits per heavy atom. The molecular formula is C25H32ClN5O3S. The van der Waals surface area contributed by atoms with Gasteiger partial charge in [-0.05, 0) is 45.4 Å². The van der Waals surface area contributed by atoms with Crippen LogP contribution < -0.4 is 10.2 Å². The molecule has 188 valence electrons. The van der Waals surface area contributed by atoms with E-state index in [-0.39, 0.29) is 5.91 Å². The number of piperazine rings is 1. The molecule has 2 aliphatic heterocycles. The van der Waals surface area contributed by atoms with Crippen molar-refractivity contribution in [3.8, 4) is 0 Å².